The molecule has 1 atom stereocenters. The lowest BCUT2D eigenvalue weighted by atomic mass is 9.96. The third kappa shape index (κ3) is 5.48. The molecule has 0 unspecified atom stereocenters. The maximum Gasteiger partial charge on any atom is 0.247 e. The van der Waals surface area contributed by atoms with Crippen LogP contribution in [-0.4, -0.2) is 87.9 Å². The van der Waals surface area contributed by atoms with Crippen molar-refractivity contribution in [2.24, 2.45) is 0 Å². The van der Waals surface area contributed by atoms with E-state index in [1.807, 2.05) is 43.3 Å². The molecule has 0 aliphatic carbocycles. The van der Waals surface area contributed by atoms with Crippen LogP contribution in [0, 0.1) is 0 Å². The molecule has 1 aliphatic rings. The maximum absolute atomic E-state index is 12.7. The van der Waals surface area contributed by atoms with E-state index in [1.54, 1.807) is 0 Å². The Bertz CT molecular complexity index is 916. The van der Waals surface area contributed by atoms with Crippen molar-refractivity contribution >= 4 is 33.4 Å². The first-order valence-corrected chi connectivity index (χ1v) is 11.2. The predicted molar refractivity (Wildman–Crippen MR) is 113 cm³/mol. The summed E-state index contributed by atoms with van der Waals surface area (Å²) < 4.78 is 24.7. The molecular weight excluding hydrogens is 410 g/mol. The Kier molecular flexibility index (Phi) is 7.09. The number of amides is 3. The SMILES string of the molecule is CN(C)c1ccc(CNC(=O)CNC(=O)[C@]2(C)CN(S(C)(=O)=O)CC(=O)N2C)cc1. The molecule has 0 aromatic heterocycles. The van der Waals surface area contributed by atoms with Gasteiger partial charge in [0, 0.05) is 39.9 Å². The van der Waals surface area contributed by atoms with E-state index in [9.17, 15) is 22.8 Å². The van der Waals surface area contributed by atoms with Gasteiger partial charge in [-0.25, -0.2) is 8.42 Å². The third-order valence-electron chi connectivity index (χ3n) is 5.22. The number of hydrogen-bond donors (Lipinski definition) is 2. The zero-order chi connectivity index (χ0) is 22.7. The first-order valence-electron chi connectivity index (χ1n) is 9.37. The number of hydrogen-bond acceptors (Lipinski definition) is 6. The predicted octanol–water partition coefficient (Wildman–Crippen LogP) is -1.02. The summed E-state index contributed by atoms with van der Waals surface area (Å²) in [6.45, 7) is 0.998. The minimum absolute atomic E-state index is 0.181. The lowest BCUT2D eigenvalue weighted by Gasteiger charge is -2.44. The Morgan fingerprint density at radius 1 is 1.17 bits per heavy atom. The molecule has 1 saturated heterocycles. The van der Waals surface area contributed by atoms with Gasteiger partial charge in [0.25, 0.3) is 0 Å². The van der Waals surface area contributed by atoms with Crippen molar-refractivity contribution in [1.29, 1.82) is 0 Å². The normalized spacial score (nSPS) is 20.0. The van der Waals surface area contributed by atoms with Crippen molar-refractivity contribution in [3.8, 4) is 0 Å². The van der Waals surface area contributed by atoms with Crippen molar-refractivity contribution in [3.05, 3.63) is 29.8 Å². The molecule has 1 heterocycles. The van der Waals surface area contributed by atoms with E-state index in [0.29, 0.717) is 6.54 Å². The molecule has 1 aromatic carbocycles. The van der Waals surface area contributed by atoms with Crippen molar-refractivity contribution in [1.82, 2.24) is 19.8 Å². The van der Waals surface area contributed by atoms with Gasteiger partial charge in [-0.05, 0) is 24.6 Å². The molecule has 10 nitrogen and oxygen atoms in total. The Balaban J connectivity index is 1.93. The van der Waals surface area contributed by atoms with Crippen LogP contribution >= 0.6 is 0 Å². The molecular formula is C19H29N5O5S. The summed E-state index contributed by atoms with van der Waals surface area (Å²) >= 11 is 0. The fraction of sp³-hybridized carbons (Fsp3) is 0.526. The molecule has 166 valence electrons. The number of nitrogens with zero attached hydrogens (tertiary/aromatic N) is 3. The number of benzene rings is 1. The molecule has 0 saturated carbocycles. The minimum Gasteiger partial charge on any atom is -0.378 e. The monoisotopic (exact) mass is 439 g/mol. The van der Waals surface area contributed by atoms with Gasteiger partial charge >= 0.3 is 0 Å². The maximum atomic E-state index is 12.7. The van der Waals surface area contributed by atoms with Gasteiger partial charge in [-0.15, -0.1) is 0 Å². The highest BCUT2D eigenvalue weighted by atomic mass is 32.2. The zero-order valence-corrected chi connectivity index (χ0v) is 18.7. The van der Waals surface area contributed by atoms with Gasteiger partial charge in [0.15, 0.2) is 0 Å². The van der Waals surface area contributed by atoms with Crippen molar-refractivity contribution in [2.75, 3.05) is 51.9 Å². The molecule has 0 radical (unpaired) electrons. The van der Waals surface area contributed by atoms with Gasteiger partial charge in [0.1, 0.15) is 5.54 Å². The molecule has 1 aromatic rings. The van der Waals surface area contributed by atoms with Crippen LogP contribution in [0.25, 0.3) is 0 Å². The van der Waals surface area contributed by atoms with Crippen LogP contribution in [0.5, 0.6) is 0 Å². The third-order valence-corrected chi connectivity index (χ3v) is 6.42. The first-order chi connectivity index (χ1) is 13.8. The van der Waals surface area contributed by atoms with E-state index in [1.165, 1.54) is 18.9 Å². The molecule has 0 spiro atoms. The largest absolute Gasteiger partial charge is 0.378 e. The van der Waals surface area contributed by atoms with Crippen LogP contribution in [0.1, 0.15) is 12.5 Å². The van der Waals surface area contributed by atoms with Gasteiger partial charge < -0.3 is 20.4 Å². The van der Waals surface area contributed by atoms with Crippen molar-refractivity contribution < 1.29 is 22.8 Å². The van der Waals surface area contributed by atoms with Crippen LogP contribution in [0.2, 0.25) is 0 Å². The average Bonchev–Trinajstić information content (AvgIpc) is 2.67. The van der Waals surface area contributed by atoms with Crippen LogP contribution in [0.3, 0.4) is 0 Å². The summed E-state index contributed by atoms with van der Waals surface area (Å²) in [4.78, 5) is 40.2. The summed E-state index contributed by atoms with van der Waals surface area (Å²) in [5.74, 6) is -1.49. The quantitative estimate of drug-likeness (QED) is 0.561. The number of carbonyl (C=O) groups excluding carboxylic acids is 3. The first kappa shape index (κ1) is 23.6. The Labute approximate surface area is 177 Å². The van der Waals surface area contributed by atoms with E-state index in [-0.39, 0.29) is 19.6 Å². The second kappa shape index (κ2) is 9.00. The van der Waals surface area contributed by atoms with Crippen LogP contribution < -0.4 is 15.5 Å². The van der Waals surface area contributed by atoms with E-state index < -0.39 is 33.3 Å². The highest BCUT2D eigenvalue weighted by Crippen LogP contribution is 2.22. The molecule has 30 heavy (non-hydrogen) atoms. The number of carbonyl (C=O) groups is 3. The highest BCUT2D eigenvalue weighted by Gasteiger charge is 2.47. The molecule has 0 bridgehead atoms. The van der Waals surface area contributed by atoms with E-state index >= 15 is 0 Å². The van der Waals surface area contributed by atoms with E-state index in [2.05, 4.69) is 10.6 Å². The Morgan fingerprint density at radius 3 is 2.30 bits per heavy atom. The number of piperazine rings is 1. The number of likely N-dealkylation sites (N-methyl/N-ethyl adjacent to an activating group) is 1. The van der Waals surface area contributed by atoms with Crippen LogP contribution in [0.15, 0.2) is 24.3 Å². The van der Waals surface area contributed by atoms with Gasteiger partial charge in [-0.2, -0.15) is 4.31 Å². The fourth-order valence-corrected chi connectivity index (χ4v) is 3.85. The second-order valence-electron chi connectivity index (χ2n) is 7.78. The number of rotatable bonds is 7. The van der Waals surface area contributed by atoms with Gasteiger partial charge in [-0.1, -0.05) is 12.1 Å². The molecule has 2 N–H and O–H groups in total. The second-order valence-corrected chi connectivity index (χ2v) is 9.76. The number of nitrogens with one attached hydrogen (secondary N) is 2. The minimum atomic E-state index is -3.64. The smallest absolute Gasteiger partial charge is 0.247 e. The van der Waals surface area contributed by atoms with Crippen molar-refractivity contribution in [2.45, 2.75) is 19.0 Å². The lowest BCUT2D eigenvalue weighted by Crippen LogP contribution is -2.68. The summed E-state index contributed by atoms with van der Waals surface area (Å²) in [5, 5.41) is 5.22. The average molecular weight is 440 g/mol. The van der Waals surface area contributed by atoms with Crippen molar-refractivity contribution in [3.63, 3.8) is 0 Å². The summed E-state index contributed by atoms with van der Waals surface area (Å²) in [6.07, 6.45) is 0.989. The van der Waals surface area contributed by atoms with Gasteiger partial charge in [0.05, 0.1) is 19.3 Å². The summed E-state index contributed by atoms with van der Waals surface area (Å²) in [7, 11) is 1.67. The van der Waals surface area contributed by atoms with E-state index in [0.717, 1.165) is 21.8 Å². The van der Waals surface area contributed by atoms with Gasteiger partial charge in [0.2, 0.25) is 27.7 Å². The van der Waals surface area contributed by atoms with E-state index in [4.69, 9.17) is 0 Å². The van der Waals surface area contributed by atoms with Crippen LogP contribution in [-0.2, 0) is 31.0 Å². The molecule has 3 amide bonds. The Morgan fingerprint density at radius 2 is 1.77 bits per heavy atom. The van der Waals surface area contributed by atoms with Gasteiger partial charge in [-0.3, -0.25) is 14.4 Å². The molecule has 11 heteroatoms. The van der Waals surface area contributed by atoms with Crippen LogP contribution in [0.4, 0.5) is 5.69 Å². The standard InChI is InChI=1S/C19H29N5O5S/c1-19(13-24(30(5,28)29)12-17(26)23(19)4)18(27)21-11-16(25)20-10-14-6-8-15(9-7-14)22(2)3/h6-9H,10-13H2,1-5H3,(H,20,25)(H,21,27)/t19-/m0/s1. The molecule has 1 aliphatic heterocycles. The zero-order valence-electron chi connectivity index (χ0n) is 17.9. The topological polar surface area (TPSA) is 119 Å². The number of sulfonamides is 1. The number of anilines is 1. The lowest BCUT2D eigenvalue weighted by molar-refractivity contribution is -0.150. The summed E-state index contributed by atoms with van der Waals surface area (Å²) in [5.41, 5.74) is 0.536. The molecule has 1 fully saturated rings. The Hall–Kier alpha value is -2.66. The fourth-order valence-electron chi connectivity index (χ4n) is 3.02. The molecule has 2 rings (SSSR count). The highest BCUT2D eigenvalue weighted by molar-refractivity contribution is 7.88. The summed E-state index contributed by atoms with van der Waals surface area (Å²) in [6, 6.07) is 7.68.